The number of benzene rings is 11. The Morgan fingerprint density at radius 1 is 0.261 bits per heavy atom. The molecular weight excluding hydrogens is 1060 g/mol. The van der Waals surface area contributed by atoms with Gasteiger partial charge in [0.05, 0.1) is 22.1 Å². The molecule has 0 spiro atoms. The fourth-order valence-electron chi connectivity index (χ4n) is 15.9. The summed E-state index contributed by atoms with van der Waals surface area (Å²) in [4.78, 5) is 0. The molecule has 13 aromatic rings. The van der Waals surface area contributed by atoms with Crippen LogP contribution in [0.3, 0.4) is 0 Å². The van der Waals surface area contributed by atoms with Gasteiger partial charge in [-0.2, -0.15) is 0 Å². The first kappa shape index (κ1) is 55.7. The van der Waals surface area contributed by atoms with E-state index in [2.05, 4.69) is 311 Å². The van der Waals surface area contributed by atoms with E-state index in [0.29, 0.717) is 11.8 Å². The lowest BCUT2D eigenvalue weighted by Crippen LogP contribution is -2.61. The van der Waals surface area contributed by atoms with Crippen molar-refractivity contribution in [2.24, 2.45) is 0 Å². The SMILES string of the molecule is CC(C)c1cc(C(C)C)c(B2c3cc4c(cc3-n3c5cccc(-c6ccccc6)c5c5c(-c6ccccc6)ccc2c53)B(c2c(C(C)C)cc(C(C)C)cc2C(C)C)c2ccc(-c3ccccc3)c3c5c(-c6ccccc6)cccc5n-4c23)c(C(C)C)c1. The molecule has 15 rings (SSSR count). The van der Waals surface area contributed by atoms with Crippen LogP contribution in [-0.4, -0.2) is 22.6 Å². The van der Waals surface area contributed by atoms with E-state index in [1.165, 1.54) is 166 Å². The molecule has 2 aliphatic heterocycles. The highest BCUT2D eigenvalue weighted by Gasteiger charge is 2.44. The Hall–Kier alpha value is -8.85. The first-order chi connectivity index (χ1) is 42.7. The molecule has 0 atom stereocenters. The molecule has 0 aliphatic carbocycles. The predicted octanol–water partition coefficient (Wildman–Crippen LogP) is 18.9. The number of hydrogen-bond acceptors (Lipinski definition) is 0. The smallest absolute Gasteiger partial charge is 0.247 e. The first-order valence-electron chi connectivity index (χ1n) is 32.7. The van der Waals surface area contributed by atoms with Crippen molar-refractivity contribution >= 4 is 89.8 Å². The van der Waals surface area contributed by atoms with Crippen LogP contribution >= 0.6 is 0 Å². The molecule has 0 fully saturated rings. The van der Waals surface area contributed by atoms with Gasteiger partial charge in [-0.15, -0.1) is 0 Å². The van der Waals surface area contributed by atoms with Crippen LogP contribution in [-0.2, 0) is 0 Å². The number of aromatic nitrogens is 2. The summed E-state index contributed by atoms with van der Waals surface area (Å²) in [6, 6.07) is 84.8. The van der Waals surface area contributed by atoms with Gasteiger partial charge in [0, 0.05) is 32.9 Å². The maximum Gasteiger partial charge on any atom is 0.247 e. The Balaban J connectivity index is 1.19. The van der Waals surface area contributed by atoms with Gasteiger partial charge in [0.2, 0.25) is 13.4 Å². The van der Waals surface area contributed by atoms with E-state index in [1.54, 1.807) is 0 Å². The molecule has 0 N–H and O–H groups in total. The zero-order chi connectivity index (χ0) is 60.5. The number of nitrogens with zero attached hydrogens (tertiary/aromatic N) is 2. The molecule has 0 radical (unpaired) electrons. The molecule has 4 heteroatoms. The predicted molar refractivity (Wildman–Crippen MR) is 384 cm³/mol. The van der Waals surface area contributed by atoms with Crippen LogP contribution in [0.4, 0.5) is 0 Å². The first-order valence-corrected chi connectivity index (χ1v) is 32.7. The van der Waals surface area contributed by atoms with Crippen molar-refractivity contribution in [1.29, 1.82) is 0 Å². The van der Waals surface area contributed by atoms with Crippen LogP contribution in [0.25, 0.3) is 99.5 Å². The lowest BCUT2D eigenvalue weighted by molar-refractivity contribution is 0.812. The summed E-state index contributed by atoms with van der Waals surface area (Å²) >= 11 is 0. The van der Waals surface area contributed by atoms with E-state index >= 15 is 0 Å². The second kappa shape index (κ2) is 21.5. The quantitative estimate of drug-likeness (QED) is 0.108. The van der Waals surface area contributed by atoms with E-state index in [9.17, 15) is 0 Å². The van der Waals surface area contributed by atoms with Crippen LogP contribution in [0.1, 0.15) is 152 Å². The van der Waals surface area contributed by atoms with Gasteiger partial charge in [-0.1, -0.05) is 288 Å². The van der Waals surface area contributed by atoms with Crippen molar-refractivity contribution in [3.05, 3.63) is 252 Å². The van der Waals surface area contributed by atoms with E-state index in [0.717, 1.165) is 0 Å². The third kappa shape index (κ3) is 8.52. The molecule has 2 nitrogen and oxygen atoms in total. The highest BCUT2D eigenvalue weighted by Crippen LogP contribution is 2.47. The van der Waals surface area contributed by atoms with Gasteiger partial charge in [-0.25, -0.2) is 0 Å². The molecular formula is C84H78B2N2. The van der Waals surface area contributed by atoms with Gasteiger partial charge in [-0.3, -0.25) is 0 Å². The fourth-order valence-corrected chi connectivity index (χ4v) is 15.9. The standard InChI is InChI=1S/C84H78B2N2/c1-49(2)59-43-65(51(5)6)81(66(44-59)52(7)8)85-69-41-39-63(57-31-21-15-22-32-57)79-77-61(55-27-17-13-18-28-55)35-25-37-73(77)87(83(69)79)75-48-72-76(47-71(75)85)88-74-38-26-36-62(56-29-19-14-20-30-56)78(74)80-64(58-33-23-16-24-34-58)40-42-70(84(80)88)86(72)82-67(53(9)10)45-60(50(3)4)46-68(82)54(11)12/h13-54H,1-12H3. The second-order valence-corrected chi connectivity index (χ2v) is 27.4. The van der Waals surface area contributed by atoms with Crippen molar-refractivity contribution in [3.63, 3.8) is 0 Å². The Labute approximate surface area is 522 Å². The van der Waals surface area contributed by atoms with Crippen LogP contribution in [0.15, 0.2) is 218 Å². The average Bonchev–Trinajstić information content (AvgIpc) is 1.65. The Morgan fingerprint density at radius 3 is 0.841 bits per heavy atom. The molecule has 2 aromatic heterocycles. The van der Waals surface area contributed by atoms with Crippen LogP contribution in [0, 0.1) is 0 Å². The summed E-state index contributed by atoms with van der Waals surface area (Å²) in [5.74, 6) is 1.87. The van der Waals surface area contributed by atoms with E-state index < -0.39 is 0 Å². The van der Waals surface area contributed by atoms with Crippen molar-refractivity contribution in [3.8, 4) is 55.9 Å². The third-order valence-electron chi connectivity index (χ3n) is 20.1. The Kier molecular flexibility index (Phi) is 13.6. The van der Waals surface area contributed by atoms with Crippen molar-refractivity contribution < 1.29 is 0 Å². The van der Waals surface area contributed by atoms with Gasteiger partial charge in [-0.05, 0) is 160 Å². The molecule has 0 amide bonds. The highest BCUT2D eigenvalue weighted by atomic mass is 15.0. The minimum atomic E-state index is -0.101. The lowest BCUT2D eigenvalue weighted by Gasteiger charge is -2.36. The highest BCUT2D eigenvalue weighted by molar-refractivity contribution is 7.00. The summed E-state index contributed by atoms with van der Waals surface area (Å²) in [7, 11) is 0. The van der Waals surface area contributed by atoms with E-state index in [4.69, 9.17) is 0 Å². The van der Waals surface area contributed by atoms with Gasteiger partial charge in [0.1, 0.15) is 0 Å². The molecule has 11 aromatic carbocycles. The summed E-state index contributed by atoms with van der Waals surface area (Å²) in [5.41, 5.74) is 34.5. The van der Waals surface area contributed by atoms with E-state index in [-0.39, 0.29) is 37.1 Å². The zero-order valence-corrected chi connectivity index (χ0v) is 53.3. The zero-order valence-electron chi connectivity index (χ0n) is 53.3. The summed E-state index contributed by atoms with van der Waals surface area (Å²) < 4.78 is 5.49. The van der Waals surface area contributed by atoms with Crippen molar-refractivity contribution in [2.45, 2.75) is 119 Å². The van der Waals surface area contributed by atoms with Crippen LogP contribution in [0.2, 0.25) is 0 Å². The molecule has 0 saturated heterocycles. The van der Waals surface area contributed by atoms with Gasteiger partial charge in [0.25, 0.3) is 0 Å². The number of rotatable bonds is 12. The Morgan fingerprint density at radius 2 is 0.557 bits per heavy atom. The van der Waals surface area contributed by atoms with Crippen molar-refractivity contribution in [1.82, 2.24) is 9.13 Å². The normalized spacial score (nSPS) is 12.9. The lowest BCUT2D eigenvalue weighted by atomic mass is 9.31. The molecule has 88 heavy (non-hydrogen) atoms. The molecule has 430 valence electrons. The maximum absolute atomic E-state index is 2.74. The summed E-state index contributed by atoms with van der Waals surface area (Å²) in [6.45, 7) is 28.7. The number of hydrogen-bond donors (Lipinski definition) is 0. The molecule has 0 unspecified atom stereocenters. The molecule has 0 saturated carbocycles. The maximum atomic E-state index is 2.74. The minimum absolute atomic E-state index is 0.101. The largest absolute Gasteiger partial charge is 0.310 e. The van der Waals surface area contributed by atoms with Gasteiger partial charge in [0.15, 0.2) is 0 Å². The molecule has 0 bridgehead atoms. The minimum Gasteiger partial charge on any atom is -0.310 e. The van der Waals surface area contributed by atoms with E-state index in [1.807, 2.05) is 0 Å². The molecule has 2 aliphatic rings. The average molecular weight is 1140 g/mol. The summed E-state index contributed by atoms with van der Waals surface area (Å²) in [5, 5.41) is 5.23. The summed E-state index contributed by atoms with van der Waals surface area (Å²) in [6.07, 6.45) is 0. The second-order valence-electron chi connectivity index (χ2n) is 27.4. The Bertz CT molecular complexity index is 4530. The van der Waals surface area contributed by atoms with Crippen molar-refractivity contribution in [2.75, 3.05) is 0 Å². The topological polar surface area (TPSA) is 9.86 Å². The fraction of sp³-hybridized carbons (Fsp3) is 0.214. The molecule has 4 heterocycles. The van der Waals surface area contributed by atoms with Crippen LogP contribution < -0.4 is 32.8 Å². The van der Waals surface area contributed by atoms with Gasteiger partial charge < -0.3 is 9.13 Å². The number of fused-ring (bicyclic) bond motifs is 10. The van der Waals surface area contributed by atoms with Crippen LogP contribution in [0.5, 0.6) is 0 Å². The third-order valence-corrected chi connectivity index (χ3v) is 20.1. The van der Waals surface area contributed by atoms with Gasteiger partial charge >= 0.3 is 0 Å². The monoisotopic (exact) mass is 1140 g/mol.